The van der Waals surface area contributed by atoms with Crippen LogP contribution >= 0.6 is 0 Å². The maximum Gasteiger partial charge on any atom is 0.0350 e. The lowest BCUT2D eigenvalue weighted by Gasteiger charge is -2.47. The molecule has 2 fully saturated rings. The van der Waals surface area contributed by atoms with Crippen molar-refractivity contribution in [2.45, 2.75) is 24.9 Å². The molecular weight excluding hydrogens is 174 g/mol. The fourth-order valence-electron chi connectivity index (χ4n) is 2.69. The first-order valence-electron chi connectivity index (χ1n) is 5.76. The summed E-state index contributed by atoms with van der Waals surface area (Å²) >= 11 is 0. The van der Waals surface area contributed by atoms with Gasteiger partial charge in [0.15, 0.2) is 0 Å². The minimum atomic E-state index is 0.799. The molecule has 2 aliphatic rings. The first-order valence-corrected chi connectivity index (χ1v) is 5.76. The monoisotopic (exact) mass is 197 g/mol. The third-order valence-corrected chi connectivity index (χ3v) is 3.80. The first kappa shape index (κ1) is 10.4. The molecule has 2 saturated heterocycles. The highest BCUT2D eigenvalue weighted by molar-refractivity contribution is 4.89. The Kier molecular flexibility index (Phi) is 3.10. The summed E-state index contributed by atoms with van der Waals surface area (Å²) in [6, 6.07) is 1.61. The fourth-order valence-corrected chi connectivity index (χ4v) is 2.69. The van der Waals surface area contributed by atoms with Crippen molar-refractivity contribution in [3.05, 3.63) is 0 Å². The number of piperidine rings is 1. The van der Waals surface area contributed by atoms with Crippen molar-refractivity contribution in [2.75, 3.05) is 47.3 Å². The molecule has 2 heterocycles. The van der Waals surface area contributed by atoms with Crippen LogP contribution in [0.1, 0.15) is 12.8 Å². The van der Waals surface area contributed by atoms with E-state index in [1.54, 1.807) is 0 Å². The number of likely N-dealkylation sites (N-methyl/N-ethyl adjacent to an activating group) is 3. The van der Waals surface area contributed by atoms with Gasteiger partial charge in [-0.3, -0.25) is 4.90 Å². The van der Waals surface area contributed by atoms with Crippen LogP contribution in [0.5, 0.6) is 0 Å². The van der Waals surface area contributed by atoms with E-state index < -0.39 is 0 Å². The predicted molar refractivity (Wildman–Crippen MR) is 59.6 cm³/mol. The second-order valence-electron chi connectivity index (χ2n) is 5.10. The van der Waals surface area contributed by atoms with E-state index in [-0.39, 0.29) is 0 Å². The summed E-state index contributed by atoms with van der Waals surface area (Å²) in [5.74, 6) is 0. The third kappa shape index (κ3) is 2.10. The quantitative estimate of drug-likeness (QED) is 0.631. The molecule has 0 bridgehead atoms. The zero-order chi connectivity index (χ0) is 10.1. The Morgan fingerprint density at radius 3 is 2.21 bits per heavy atom. The number of hydrogen-bond donors (Lipinski definition) is 0. The number of nitrogens with zero attached hydrogens (tertiary/aromatic N) is 3. The van der Waals surface area contributed by atoms with E-state index >= 15 is 0 Å². The van der Waals surface area contributed by atoms with Crippen molar-refractivity contribution in [2.24, 2.45) is 0 Å². The third-order valence-electron chi connectivity index (χ3n) is 3.80. The van der Waals surface area contributed by atoms with Crippen LogP contribution in [0.15, 0.2) is 0 Å². The second kappa shape index (κ2) is 4.17. The molecule has 14 heavy (non-hydrogen) atoms. The highest BCUT2D eigenvalue weighted by Gasteiger charge is 2.32. The van der Waals surface area contributed by atoms with Crippen molar-refractivity contribution in [1.82, 2.24) is 14.7 Å². The molecule has 0 aromatic carbocycles. The molecule has 0 spiro atoms. The van der Waals surface area contributed by atoms with Gasteiger partial charge in [0, 0.05) is 31.7 Å². The van der Waals surface area contributed by atoms with Crippen molar-refractivity contribution >= 4 is 0 Å². The van der Waals surface area contributed by atoms with Gasteiger partial charge in [0.1, 0.15) is 0 Å². The zero-order valence-corrected chi connectivity index (χ0v) is 9.74. The molecule has 0 aliphatic carbocycles. The summed E-state index contributed by atoms with van der Waals surface area (Å²) in [7, 11) is 6.76. The molecule has 2 rings (SSSR count). The topological polar surface area (TPSA) is 9.72 Å². The van der Waals surface area contributed by atoms with Crippen molar-refractivity contribution in [3.8, 4) is 0 Å². The molecule has 82 valence electrons. The molecule has 0 aromatic rings. The van der Waals surface area contributed by atoms with Gasteiger partial charge in [0.2, 0.25) is 0 Å². The molecule has 0 saturated carbocycles. The Bertz CT molecular complexity index is 189. The molecule has 3 heteroatoms. The summed E-state index contributed by atoms with van der Waals surface area (Å²) < 4.78 is 0. The van der Waals surface area contributed by atoms with E-state index in [0.29, 0.717) is 0 Å². The minimum absolute atomic E-state index is 0.799. The first-order chi connectivity index (χ1) is 6.66. The van der Waals surface area contributed by atoms with Gasteiger partial charge in [-0.15, -0.1) is 0 Å². The van der Waals surface area contributed by atoms with Gasteiger partial charge < -0.3 is 9.80 Å². The maximum atomic E-state index is 2.61. The van der Waals surface area contributed by atoms with Crippen molar-refractivity contribution in [1.29, 1.82) is 0 Å². The number of likely N-dealkylation sites (tertiary alicyclic amines) is 2. The molecular formula is C11H23N3. The molecule has 3 nitrogen and oxygen atoms in total. The van der Waals surface area contributed by atoms with E-state index in [1.165, 1.54) is 39.0 Å². The normalized spacial score (nSPS) is 32.1. The van der Waals surface area contributed by atoms with Crippen LogP contribution in [0.4, 0.5) is 0 Å². The van der Waals surface area contributed by atoms with Gasteiger partial charge in [0.05, 0.1) is 0 Å². The SMILES string of the molecule is CN1CCCC(N(C)C2CN(C)C2)C1. The summed E-state index contributed by atoms with van der Waals surface area (Å²) in [6.07, 6.45) is 2.76. The van der Waals surface area contributed by atoms with Crippen LogP contribution in [0.25, 0.3) is 0 Å². The molecule has 0 amide bonds. The smallest absolute Gasteiger partial charge is 0.0350 e. The lowest BCUT2D eigenvalue weighted by molar-refractivity contribution is 0.0193. The predicted octanol–water partition coefficient (Wildman–Crippen LogP) is 0.326. The second-order valence-corrected chi connectivity index (χ2v) is 5.10. The van der Waals surface area contributed by atoms with Crippen LogP contribution in [0.3, 0.4) is 0 Å². The zero-order valence-electron chi connectivity index (χ0n) is 9.74. The molecule has 0 radical (unpaired) electrons. The largest absolute Gasteiger partial charge is 0.305 e. The molecule has 1 unspecified atom stereocenters. The minimum Gasteiger partial charge on any atom is -0.305 e. The standard InChI is InChI=1S/C11H23N3/c1-12-6-4-5-10(7-12)14(3)11-8-13(2)9-11/h10-11H,4-9H2,1-3H3. The van der Waals surface area contributed by atoms with Crippen molar-refractivity contribution < 1.29 is 0 Å². The van der Waals surface area contributed by atoms with Crippen LogP contribution in [0.2, 0.25) is 0 Å². The number of hydrogen-bond acceptors (Lipinski definition) is 3. The van der Waals surface area contributed by atoms with Gasteiger partial charge in [-0.05, 0) is 40.5 Å². The average molecular weight is 197 g/mol. The Hall–Kier alpha value is -0.120. The van der Waals surface area contributed by atoms with Gasteiger partial charge >= 0.3 is 0 Å². The van der Waals surface area contributed by atoms with Crippen LogP contribution in [-0.4, -0.2) is 74.1 Å². The number of rotatable bonds is 2. The van der Waals surface area contributed by atoms with E-state index in [1.807, 2.05) is 0 Å². The van der Waals surface area contributed by atoms with E-state index in [9.17, 15) is 0 Å². The summed E-state index contributed by atoms with van der Waals surface area (Å²) in [4.78, 5) is 7.47. The molecule has 0 N–H and O–H groups in total. The Labute approximate surface area is 87.7 Å². The molecule has 0 aromatic heterocycles. The Balaban J connectivity index is 1.81. The summed E-state index contributed by atoms with van der Waals surface area (Å²) in [5, 5.41) is 0. The maximum absolute atomic E-state index is 2.61. The van der Waals surface area contributed by atoms with Crippen LogP contribution in [-0.2, 0) is 0 Å². The van der Waals surface area contributed by atoms with Gasteiger partial charge in [-0.25, -0.2) is 0 Å². The van der Waals surface area contributed by atoms with E-state index in [4.69, 9.17) is 0 Å². The average Bonchev–Trinajstić information content (AvgIpc) is 2.12. The van der Waals surface area contributed by atoms with E-state index in [0.717, 1.165) is 12.1 Å². The lowest BCUT2D eigenvalue weighted by atomic mass is 10.0. The highest BCUT2D eigenvalue weighted by atomic mass is 15.3. The van der Waals surface area contributed by atoms with E-state index in [2.05, 4.69) is 35.8 Å². The molecule has 2 aliphatic heterocycles. The van der Waals surface area contributed by atoms with Crippen LogP contribution in [0, 0.1) is 0 Å². The summed E-state index contributed by atoms with van der Waals surface area (Å²) in [5.41, 5.74) is 0. The summed E-state index contributed by atoms with van der Waals surface area (Å²) in [6.45, 7) is 5.07. The Morgan fingerprint density at radius 2 is 1.64 bits per heavy atom. The Morgan fingerprint density at radius 1 is 1.00 bits per heavy atom. The lowest BCUT2D eigenvalue weighted by Crippen LogP contribution is -2.61. The van der Waals surface area contributed by atoms with Crippen molar-refractivity contribution in [3.63, 3.8) is 0 Å². The van der Waals surface area contributed by atoms with Crippen LogP contribution < -0.4 is 0 Å². The van der Waals surface area contributed by atoms with Gasteiger partial charge in [-0.2, -0.15) is 0 Å². The van der Waals surface area contributed by atoms with Gasteiger partial charge in [0.25, 0.3) is 0 Å². The fraction of sp³-hybridized carbons (Fsp3) is 1.00. The van der Waals surface area contributed by atoms with Gasteiger partial charge in [-0.1, -0.05) is 0 Å². The highest BCUT2D eigenvalue weighted by Crippen LogP contribution is 2.19. The molecule has 1 atom stereocenters.